The van der Waals surface area contributed by atoms with Gasteiger partial charge in [-0.25, -0.2) is 4.98 Å². The van der Waals surface area contributed by atoms with E-state index in [0.717, 1.165) is 26.1 Å². The van der Waals surface area contributed by atoms with Gasteiger partial charge >= 0.3 is 0 Å². The molecule has 1 aromatic heterocycles. The SMILES string of the molecule is CCCOCCOc1ccc(CNCC)cn1. The van der Waals surface area contributed by atoms with Gasteiger partial charge in [-0.15, -0.1) is 0 Å². The fraction of sp³-hybridized carbons (Fsp3) is 0.615. The largest absolute Gasteiger partial charge is 0.475 e. The molecule has 0 aliphatic heterocycles. The number of hydrogen-bond donors (Lipinski definition) is 1. The third kappa shape index (κ3) is 6.24. The van der Waals surface area contributed by atoms with Crippen LogP contribution in [0, 0.1) is 0 Å². The van der Waals surface area contributed by atoms with Crippen LogP contribution in [0.4, 0.5) is 0 Å². The first-order chi connectivity index (χ1) is 8.36. The van der Waals surface area contributed by atoms with Crippen LogP contribution in [0.3, 0.4) is 0 Å². The molecule has 0 aliphatic rings. The maximum absolute atomic E-state index is 5.46. The van der Waals surface area contributed by atoms with Crippen LogP contribution in [-0.2, 0) is 11.3 Å². The van der Waals surface area contributed by atoms with E-state index in [1.807, 2.05) is 18.3 Å². The lowest BCUT2D eigenvalue weighted by atomic mass is 10.3. The lowest BCUT2D eigenvalue weighted by Crippen LogP contribution is -2.12. The average Bonchev–Trinajstić information content (AvgIpc) is 2.37. The smallest absolute Gasteiger partial charge is 0.213 e. The molecule has 0 aromatic carbocycles. The maximum Gasteiger partial charge on any atom is 0.213 e. The number of aromatic nitrogens is 1. The first-order valence-corrected chi connectivity index (χ1v) is 6.23. The molecule has 0 fully saturated rings. The molecule has 0 radical (unpaired) electrons. The molecule has 0 bridgehead atoms. The van der Waals surface area contributed by atoms with E-state index in [1.165, 1.54) is 5.56 Å². The Bertz CT molecular complexity index is 288. The van der Waals surface area contributed by atoms with Crippen molar-refractivity contribution in [2.45, 2.75) is 26.8 Å². The van der Waals surface area contributed by atoms with Crippen LogP contribution < -0.4 is 10.1 Å². The summed E-state index contributed by atoms with van der Waals surface area (Å²) in [5.74, 6) is 0.658. The minimum Gasteiger partial charge on any atom is -0.475 e. The molecule has 0 unspecified atom stereocenters. The van der Waals surface area contributed by atoms with Gasteiger partial charge in [0.05, 0.1) is 6.61 Å². The second kappa shape index (κ2) is 8.96. The molecule has 0 saturated carbocycles. The van der Waals surface area contributed by atoms with Crippen molar-refractivity contribution in [1.29, 1.82) is 0 Å². The van der Waals surface area contributed by atoms with Crippen molar-refractivity contribution in [3.05, 3.63) is 23.9 Å². The van der Waals surface area contributed by atoms with Gasteiger partial charge in [-0.1, -0.05) is 19.9 Å². The molecule has 0 spiro atoms. The molecular formula is C13H22N2O2. The molecule has 0 aliphatic carbocycles. The van der Waals surface area contributed by atoms with E-state index in [4.69, 9.17) is 9.47 Å². The van der Waals surface area contributed by atoms with Crippen molar-refractivity contribution >= 4 is 0 Å². The van der Waals surface area contributed by atoms with Gasteiger partial charge in [-0.3, -0.25) is 0 Å². The van der Waals surface area contributed by atoms with E-state index in [1.54, 1.807) is 0 Å². The summed E-state index contributed by atoms with van der Waals surface area (Å²) in [6.07, 6.45) is 2.88. The molecule has 1 heterocycles. The van der Waals surface area contributed by atoms with Crippen molar-refractivity contribution in [1.82, 2.24) is 10.3 Å². The highest BCUT2D eigenvalue weighted by Gasteiger charge is 1.96. The Morgan fingerprint density at radius 2 is 2.06 bits per heavy atom. The Hall–Kier alpha value is -1.13. The number of ether oxygens (including phenoxy) is 2. The predicted molar refractivity (Wildman–Crippen MR) is 68.2 cm³/mol. The molecule has 0 atom stereocenters. The molecule has 4 heteroatoms. The Labute approximate surface area is 103 Å². The molecular weight excluding hydrogens is 216 g/mol. The standard InChI is InChI=1S/C13H22N2O2/c1-3-7-16-8-9-17-13-6-5-12(11-15-13)10-14-4-2/h5-6,11,14H,3-4,7-10H2,1-2H3. The normalized spacial score (nSPS) is 10.5. The van der Waals surface area contributed by atoms with Gasteiger partial charge in [0, 0.05) is 25.4 Å². The predicted octanol–water partition coefficient (Wildman–Crippen LogP) is 2.00. The van der Waals surface area contributed by atoms with Gasteiger partial charge in [-0.2, -0.15) is 0 Å². The van der Waals surface area contributed by atoms with Crippen LogP contribution in [0.2, 0.25) is 0 Å². The third-order valence-corrected chi connectivity index (χ3v) is 2.20. The summed E-state index contributed by atoms with van der Waals surface area (Å²) in [5.41, 5.74) is 1.17. The molecule has 1 rings (SSSR count). The third-order valence-electron chi connectivity index (χ3n) is 2.20. The fourth-order valence-corrected chi connectivity index (χ4v) is 1.32. The van der Waals surface area contributed by atoms with E-state index in [9.17, 15) is 0 Å². The van der Waals surface area contributed by atoms with Gasteiger partial charge in [0.1, 0.15) is 6.61 Å². The summed E-state index contributed by atoms with van der Waals surface area (Å²) in [4.78, 5) is 4.23. The highest BCUT2D eigenvalue weighted by Crippen LogP contribution is 2.07. The molecule has 1 N–H and O–H groups in total. The summed E-state index contributed by atoms with van der Waals surface area (Å²) in [7, 11) is 0. The number of hydrogen-bond acceptors (Lipinski definition) is 4. The Morgan fingerprint density at radius 1 is 1.18 bits per heavy atom. The van der Waals surface area contributed by atoms with Crippen molar-refractivity contribution in [3.8, 4) is 5.88 Å². The molecule has 0 saturated heterocycles. The zero-order valence-electron chi connectivity index (χ0n) is 10.7. The van der Waals surface area contributed by atoms with Crippen LogP contribution >= 0.6 is 0 Å². The van der Waals surface area contributed by atoms with Crippen molar-refractivity contribution in [2.24, 2.45) is 0 Å². The Balaban J connectivity index is 2.20. The van der Waals surface area contributed by atoms with Crippen LogP contribution in [-0.4, -0.2) is 31.3 Å². The topological polar surface area (TPSA) is 43.4 Å². The zero-order valence-corrected chi connectivity index (χ0v) is 10.7. The second-order valence-electron chi connectivity index (χ2n) is 3.75. The van der Waals surface area contributed by atoms with Crippen molar-refractivity contribution in [3.63, 3.8) is 0 Å². The summed E-state index contributed by atoms with van der Waals surface area (Å²) >= 11 is 0. The number of nitrogens with zero attached hydrogens (tertiary/aromatic N) is 1. The van der Waals surface area contributed by atoms with Gasteiger partial charge in [0.2, 0.25) is 5.88 Å². The van der Waals surface area contributed by atoms with Gasteiger partial charge < -0.3 is 14.8 Å². The number of rotatable bonds is 9. The summed E-state index contributed by atoms with van der Waals surface area (Å²) in [6.45, 7) is 7.95. The lowest BCUT2D eigenvalue weighted by Gasteiger charge is -2.06. The van der Waals surface area contributed by atoms with Gasteiger partial charge in [-0.05, 0) is 18.5 Å². The Morgan fingerprint density at radius 3 is 2.71 bits per heavy atom. The quantitative estimate of drug-likeness (QED) is 0.668. The Kier molecular flexibility index (Phi) is 7.34. The van der Waals surface area contributed by atoms with Crippen LogP contribution in [0.25, 0.3) is 0 Å². The molecule has 4 nitrogen and oxygen atoms in total. The highest BCUT2D eigenvalue weighted by atomic mass is 16.5. The number of nitrogens with one attached hydrogen (secondary N) is 1. The van der Waals surface area contributed by atoms with E-state index in [0.29, 0.717) is 19.1 Å². The average molecular weight is 238 g/mol. The maximum atomic E-state index is 5.46. The van der Waals surface area contributed by atoms with Crippen LogP contribution in [0.1, 0.15) is 25.8 Å². The van der Waals surface area contributed by atoms with Crippen molar-refractivity contribution < 1.29 is 9.47 Å². The van der Waals surface area contributed by atoms with Crippen LogP contribution in [0.15, 0.2) is 18.3 Å². The van der Waals surface area contributed by atoms with E-state index in [2.05, 4.69) is 24.1 Å². The number of pyridine rings is 1. The van der Waals surface area contributed by atoms with Gasteiger partial charge in [0.25, 0.3) is 0 Å². The molecule has 1 aromatic rings. The van der Waals surface area contributed by atoms with Crippen molar-refractivity contribution in [2.75, 3.05) is 26.4 Å². The second-order valence-corrected chi connectivity index (χ2v) is 3.75. The summed E-state index contributed by atoms with van der Waals surface area (Å²) in [6, 6.07) is 3.92. The minimum atomic E-state index is 0.555. The monoisotopic (exact) mass is 238 g/mol. The molecule has 96 valence electrons. The summed E-state index contributed by atoms with van der Waals surface area (Å²) < 4.78 is 10.8. The highest BCUT2D eigenvalue weighted by molar-refractivity contribution is 5.17. The summed E-state index contributed by atoms with van der Waals surface area (Å²) in [5, 5.41) is 3.25. The van der Waals surface area contributed by atoms with E-state index >= 15 is 0 Å². The van der Waals surface area contributed by atoms with Gasteiger partial charge in [0.15, 0.2) is 0 Å². The lowest BCUT2D eigenvalue weighted by molar-refractivity contribution is 0.0990. The first kappa shape index (κ1) is 13.9. The van der Waals surface area contributed by atoms with E-state index < -0.39 is 0 Å². The fourth-order valence-electron chi connectivity index (χ4n) is 1.32. The minimum absolute atomic E-state index is 0.555. The molecule has 17 heavy (non-hydrogen) atoms. The van der Waals surface area contributed by atoms with E-state index in [-0.39, 0.29) is 0 Å². The van der Waals surface area contributed by atoms with Crippen LogP contribution in [0.5, 0.6) is 5.88 Å². The molecule has 0 amide bonds. The first-order valence-electron chi connectivity index (χ1n) is 6.23. The zero-order chi connectivity index (χ0) is 12.3.